The van der Waals surface area contributed by atoms with Crippen LogP contribution in [0.4, 0.5) is 11.4 Å². The highest BCUT2D eigenvalue weighted by molar-refractivity contribution is 7.80. The molecular weight excluding hydrogens is 446 g/mol. The SMILES string of the molecule is [C-]#[N+]c1c(S)n(CC(=O)O)c(=O)c(=Cc2cc3c4c(c2C)C(C)(C)CCN4CCC3(C)C)c1=C. The lowest BCUT2D eigenvalue weighted by atomic mass is 9.67. The molecule has 7 heteroatoms. The quantitative estimate of drug-likeness (QED) is 0.525. The predicted octanol–water partition coefficient (Wildman–Crippen LogP) is 3.49. The number of rotatable bonds is 3. The Hall–Kier alpha value is -2.98. The van der Waals surface area contributed by atoms with Gasteiger partial charge in [0.15, 0.2) is 0 Å². The van der Waals surface area contributed by atoms with Crippen molar-refractivity contribution in [1.29, 1.82) is 0 Å². The van der Waals surface area contributed by atoms with E-state index in [1.807, 2.05) is 0 Å². The minimum absolute atomic E-state index is 0.0161. The Balaban J connectivity index is 2.12. The van der Waals surface area contributed by atoms with Crippen molar-refractivity contribution in [1.82, 2.24) is 4.57 Å². The third kappa shape index (κ3) is 3.65. The standard InChI is InChI=1S/C27H31N3O3S/c1-15-17(12-18-16(2)22(28-7)25(34)30(24(18)33)14-20(31)32)13-19-23-21(15)27(5,6)9-11-29(23)10-8-26(19,3)4/h12-13,34H,2,8-11,14H2,1,3-6H3,(H,31,32). The zero-order valence-corrected chi connectivity index (χ0v) is 21.3. The third-order valence-electron chi connectivity index (χ3n) is 7.59. The molecule has 0 saturated heterocycles. The topological polar surface area (TPSA) is 66.9 Å². The van der Waals surface area contributed by atoms with Gasteiger partial charge >= 0.3 is 5.97 Å². The van der Waals surface area contributed by atoms with E-state index in [9.17, 15) is 14.7 Å². The van der Waals surface area contributed by atoms with Crippen molar-refractivity contribution in [2.24, 2.45) is 0 Å². The number of carboxylic acids is 1. The summed E-state index contributed by atoms with van der Waals surface area (Å²) in [6.07, 6.45) is 3.88. The zero-order chi connectivity index (χ0) is 25.2. The maximum atomic E-state index is 13.4. The van der Waals surface area contributed by atoms with E-state index in [1.54, 1.807) is 6.08 Å². The van der Waals surface area contributed by atoms with Crippen molar-refractivity contribution in [2.45, 2.75) is 69.9 Å². The number of pyridine rings is 1. The molecule has 0 bridgehead atoms. The summed E-state index contributed by atoms with van der Waals surface area (Å²) in [5, 5.41) is 9.86. The highest BCUT2D eigenvalue weighted by atomic mass is 32.1. The van der Waals surface area contributed by atoms with Crippen LogP contribution in [0.1, 0.15) is 62.8 Å². The third-order valence-corrected chi connectivity index (χ3v) is 8.05. The highest BCUT2D eigenvalue weighted by Crippen LogP contribution is 2.50. The summed E-state index contributed by atoms with van der Waals surface area (Å²) in [5.74, 6) is -1.17. The van der Waals surface area contributed by atoms with Gasteiger partial charge in [0.2, 0.25) is 5.69 Å². The Morgan fingerprint density at radius 1 is 1.26 bits per heavy atom. The second-order valence-electron chi connectivity index (χ2n) is 10.7. The first-order valence-electron chi connectivity index (χ1n) is 11.5. The van der Waals surface area contributed by atoms with Crippen LogP contribution in [0.25, 0.3) is 17.5 Å². The number of aliphatic carboxylic acids is 1. The van der Waals surface area contributed by atoms with Crippen molar-refractivity contribution in [3.8, 4) is 0 Å². The minimum Gasteiger partial charge on any atom is -0.480 e. The van der Waals surface area contributed by atoms with Crippen LogP contribution in [0.15, 0.2) is 15.9 Å². The first-order chi connectivity index (χ1) is 15.8. The van der Waals surface area contributed by atoms with E-state index in [4.69, 9.17) is 6.57 Å². The maximum absolute atomic E-state index is 13.4. The number of hydrogen-bond donors (Lipinski definition) is 2. The first kappa shape index (κ1) is 24.2. The molecule has 178 valence electrons. The fourth-order valence-corrected chi connectivity index (χ4v) is 5.85. The van der Waals surface area contributed by atoms with Crippen LogP contribution >= 0.6 is 12.6 Å². The van der Waals surface area contributed by atoms with Gasteiger partial charge in [0.25, 0.3) is 5.56 Å². The number of thiol groups is 1. The number of hydrogen-bond acceptors (Lipinski definition) is 4. The van der Waals surface area contributed by atoms with Gasteiger partial charge in [0, 0.05) is 24.0 Å². The molecule has 1 aromatic carbocycles. The monoisotopic (exact) mass is 477 g/mol. The molecular formula is C27H31N3O3S. The first-order valence-corrected chi connectivity index (χ1v) is 11.9. The number of carboxylic acid groups (broad SMARTS) is 1. The molecule has 2 aromatic rings. The second-order valence-corrected chi connectivity index (χ2v) is 11.1. The van der Waals surface area contributed by atoms with Gasteiger partial charge in [-0.05, 0) is 70.2 Å². The number of nitrogens with zero attached hydrogens (tertiary/aromatic N) is 3. The summed E-state index contributed by atoms with van der Waals surface area (Å²) in [6, 6.07) is 2.17. The summed E-state index contributed by atoms with van der Waals surface area (Å²) in [4.78, 5) is 30.8. The molecule has 2 aliphatic rings. The van der Waals surface area contributed by atoms with Gasteiger partial charge in [-0.15, -0.1) is 19.2 Å². The van der Waals surface area contributed by atoms with Crippen LogP contribution in [-0.4, -0.2) is 28.7 Å². The summed E-state index contributed by atoms with van der Waals surface area (Å²) < 4.78 is 1.03. The largest absolute Gasteiger partial charge is 0.480 e. The lowest BCUT2D eigenvalue weighted by Gasteiger charge is -2.49. The molecule has 3 heterocycles. The van der Waals surface area contributed by atoms with E-state index in [2.05, 4.69) is 69.6 Å². The van der Waals surface area contributed by atoms with E-state index in [-0.39, 0.29) is 32.0 Å². The number of benzene rings is 1. The average Bonchev–Trinajstić information content (AvgIpc) is 2.74. The Morgan fingerprint density at radius 3 is 2.47 bits per heavy atom. The Morgan fingerprint density at radius 2 is 1.88 bits per heavy atom. The molecule has 0 spiro atoms. The molecule has 0 unspecified atom stereocenters. The molecule has 0 radical (unpaired) electrons. The van der Waals surface area contributed by atoms with E-state index in [1.165, 1.54) is 16.8 Å². The van der Waals surface area contributed by atoms with Crippen LogP contribution in [0.3, 0.4) is 0 Å². The lowest BCUT2D eigenvalue weighted by Crippen LogP contribution is -2.46. The molecule has 0 amide bonds. The van der Waals surface area contributed by atoms with Gasteiger partial charge in [-0.2, -0.15) is 0 Å². The Labute approximate surface area is 205 Å². The summed E-state index contributed by atoms with van der Waals surface area (Å²) in [5.41, 5.74) is 5.48. The predicted molar refractivity (Wildman–Crippen MR) is 139 cm³/mol. The number of carbonyl (C=O) groups is 1. The van der Waals surface area contributed by atoms with Crippen molar-refractivity contribution in [3.05, 3.63) is 60.5 Å². The number of anilines is 1. The van der Waals surface area contributed by atoms with Gasteiger partial charge in [-0.3, -0.25) is 9.59 Å². The van der Waals surface area contributed by atoms with Crippen LogP contribution in [0.5, 0.6) is 0 Å². The molecule has 6 nitrogen and oxygen atoms in total. The molecule has 2 aliphatic heterocycles. The number of aromatic nitrogens is 1. The summed E-state index contributed by atoms with van der Waals surface area (Å²) in [7, 11) is 0. The molecule has 1 aromatic heterocycles. The molecule has 0 atom stereocenters. The van der Waals surface area contributed by atoms with Crippen molar-refractivity contribution >= 4 is 42.6 Å². The summed E-state index contributed by atoms with van der Waals surface area (Å²) in [6.45, 7) is 24.3. The van der Waals surface area contributed by atoms with Gasteiger partial charge in [0.1, 0.15) is 6.54 Å². The molecule has 34 heavy (non-hydrogen) atoms. The van der Waals surface area contributed by atoms with E-state index in [0.717, 1.165) is 41.6 Å². The van der Waals surface area contributed by atoms with Crippen LogP contribution in [0.2, 0.25) is 0 Å². The fourth-order valence-electron chi connectivity index (χ4n) is 5.50. The lowest BCUT2D eigenvalue weighted by molar-refractivity contribution is -0.137. The molecule has 0 aliphatic carbocycles. The van der Waals surface area contributed by atoms with E-state index >= 15 is 0 Å². The average molecular weight is 478 g/mol. The van der Waals surface area contributed by atoms with E-state index in [0.29, 0.717) is 0 Å². The highest BCUT2D eigenvalue weighted by Gasteiger charge is 2.41. The van der Waals surface area contributed by atoms with Gasteiger partial charge in [-0.1, -0.05) is 27.7 Å². The smallest absolute Gasteiger partial charge is 0.323 e. The Kier molecular flexibility index (Phi) is 5.72. The fraction of sp³-hybridized carbons (Fsp3) is 0.444. The normalized spacial score (nSPS) is 18.4. The van der Waals surface area contributed by atoms with Crippen LogP contribution in [-0.2, 0) is 22.2 Å². The van der Waals surface area contributed by atoms with Crippen molar-refractivity contribution in [2.75, 3.05) is 18.0 Å². The van der Waals surface area contributed by atoms with Gasteiger partial charge in [0.05, 0.1) is 11.6 Å². The zero-order valence-electron chi connectivity index (χ0n) is 20.4. The molecule has 0 fully saturated rings. The second kappa shape index (κ2) is 8.06. The Bertz CT molecular complexity index is 1440. The molecule has 0 saturated carbocycles. The minimum atomic E-state index is -1.17. The van der Waals surface area contributed by atoms with Gasteiger partial charge in [-0.25, -0.2) is 4.85 Å². The van der Waals surface area contributed by atoms with Crippen molar-refractivity contribution in [3.63, 3.8) is 0 Å². The maximum Gasteiger partial charge on any atom is 0.323 e. The molecule has 4 rings (SSSR count). The van der Waals surface area contributed by atoms with Crippen LogP contribution in [0, 0.1) is 13.5 Å². The summed E-state index contributed by atoms with van der Waals surface area (Å²) >= 11 is 4.29. The van der Waals surface area contributed by atoms with Crippen LogP contribution < -0.4 is 20.9 Å². The molecule has 1 N–H and O–H groups in total. The van der Waals surface area contributed by atoms with Crippen molar-refractivity contribution < 1.29 is 9.90 Å². The van der Waals surface area contributed by atoms with E-state index < -0.39 is 18.1 Å². The van der Waals surface area contributed by atoms with Gasteiger partial charge < -0.3 is 14.6 Å².